The molecule has 0 bridgehead atoms. The highest BCUT2D eigenvalue weighted by molar-refractivity contribution is 5.42. The van der Waals surface area contributed by atoms with Gasteiger partial charge in [0.1, 0.15) is 0 Å². The molecule has 0 saturated carbocycles. The van der Waals surface area contributed by atoms with Crippen LogP contribution < -0.4 is 21.6 Å². The van der Waals surface area contributed by atoms with Gasteiger partial charge in [-0.15, -0.1) is 0 Å². The predicted octanol–water partition coefficient (Wildman–Crippen LogP) is 0.816. The molecule has 1 aromatic heterocycles. The van der Waals surface area contributed by atoms with E-state index in [1.807, 2.05) is 0 Å². The van der Waals surface area contributed by atoms with Gasteiger partial charge in [0, 0.05) is 26.2 Å². The van der Waals surface area contributed by atoms with Crippen molar-refractivity contribution in [1.82, 2.24) is 20.0 Å². The van der Waals surface area contributed by atoms with Crippen LogP contribution in [0.15, 0.2) is 0 Å². The van der Waals surface area contributed by atoms with Gasteiger partial charge in [-0.3, -0.25) is 10.9 Å². The molecule has 0 aliphatic carbocycles. The molecule has 8 heteroatoms. The fourth-order valence-corrected chi connectivity index (χ4v) is 2.27. The molecule has 0 spiro atoms. The van der Waals surface area contributed by atoms with Crippen molar-refractivity contribution in [3.05, 3.63) is 0 Å². The molecule has 2 rings (SSSR count). The molecular weight excluding hydrogens is 256 g/mol. The minimum absolute atomic E-state index is 0.376. The quantitative estimate of drug-likeness (QED) is 0.520. The van der Waals surface area contributed by atoms with Crippen LogP contribution in [0.4, 0.5) is 17.8 Å². The Morgan fingerprint density at radius 2 is 1.70 bits per heavy atom. The van der Waals surface area contributed by atoms with Gasteiger partial charge in [-0.05, 0) is 26.7 Å². The standard InChI is InChI=1S/C12H24N8/c1-3-19(4-2)12-15-10(17-13)14-11(16-12)18-20-8-6-5-7-9-20/h3-9,13H2,1-2H3,(H2,14,15,16,17,18). The van der Waals surface area contributed by atoms with Crippen molar-refractivity contribution in [3.8, 4) is 0 Å². The van der Waals surface area contributed by atoms with Crippen molar-refractivity contribution in [2.75, 3.05) is 41.9 Å². The van der Waals surface area contributed by atoms with Gasteiger partial charge in [-0.2, -0.15) is 15.0 Å². The second-order valence-corrected chi connectivity index (χ2v) is 4.76. The minimum Gasteiger partial charge on any atom is -0.341 e. The SMILES string of the molecule is CCN(CC)c1nc(NN)nc(NN2CCCCC2)n1. The summed E-state index contributed by atoms with van der Waals surface area (Å²) < 4.78 is 0. The largest absolute Gasteiger partial charge is 0.341 e. The van der Waals surface area contributed by atoms with Crippen molar-refractivity contribution in [2.24, 2.45) is 5.84 Å². The zero-order chi connectivity index (χ0) is 14.4. The molecule has 4 N–H and O–H groups in total. The molecule has 0 amide bonds. The van der Waals surface area contributed by atoms with E-state index in [0.717, 1.165) is 26.2 Å². The average Bonchev–Trinajstić information content (AvgIpc) is 2.49. The highest BCUT2D eigenvalue weighted by atomic mass is 15.5. The Bertz CT molecular complexity index is 414. The molecule has 0 unspecified atom stereocenters. The Kier molecular flexibility index (Phi) is 5.31. The maximum Gasteiger partial charge on any atom is 0.244 e. The zero-order valence-electron chi connectivity index (χ0n) is 12.3. The summed E-state index contributed by atoms with van der Waals surface area (Å²) in [5.41, 5.74) is 5.75. The third-order valence-corrected chi connectivity index (χ3v) is 3.41. The molecule has 1 saturated heterocycles. The topological polar surface area (TPSA) is 95.2 Å². The Balaban J connectivity index is 2.16. The second kappa shape index (κ2) is 7.20. The monoisotopic (exact) mass is 280 g/mol. The summed E-state index contributed by atoms with van der Waals surface area (Å²) in [7, 11) is 0. The van der Waals surface area contributed by atoms with Gasteiger partial charge >= 0.3 is 0 Å². The molecule has 0 atom stereocenters. The van der Waals surface area contributed by atoms with Crippen molar-refractivity contribution < 1.29 is 0 Å². The summed E-state index contributed by atoms with van der Waals surface area (Å²) in [6.45, 7) is 7.85. The van der Waals surface area contributed by atoms with Crippen LogP contribution in [0.1, 0.15) is 33.1 Å². The molecule has 0 aromatic carbocycles. The van der Waals surface area contributed by atoms with E-state index in [9.17, 15) is 0 Å². The lowest BCUT2D eigenvalue weighted by molar-refractivity contribution is 0.271. The van der Waals surface area contributed by atoms with Crippen LogP contribution in [0.2, 0.25) is 0 Å². The number of nitrogens with two attached hydrogens (primary N) is 1. The number of nitrogens with one attached hydrogen (secondary N) is 2. The maximum absolute atomic E-state index is 5.44. The second-order valence-electron chi connectivity index (χ2n) is 4.76. The smallest absolute Gasteiger partial charge is 0.244 e. The summed E-state index contributed by atoms with van der Waals surface area (Å²) in [4.78, 5) is 15.1. The van der Waals surface area contributed by atoms with Crippen molar-refractivity contribution >= 4 is 17.8 Å². The van der Waals surface area contributed by atoms with Gasteiger partial charge in [-0.25, -0.2) is 10.9 Å². The fraction of sp³-hybridized carbons (Fsp3) is 0.750. The number of rotatable bonds is 6. The molecular formula is C12H24N8. The number of hydrazine groups is 2. The van der Waals surface area contributed by atoms with Gasteiger partial charge in [0.25, 0.3) is 0 Å². The number of hydrogen-bond donors (Lipinski definition) is 3. The van der Waals surface area contributed by atoms with Crippen LogP contribution in [-0.4, -0.2) is 46.1 Å². The molecule has 1 aromatic rings. The Hall–Kier alpha value is -1.67. The van der Waals surface area contributed by atoms with E-state index in [4.69, 9.17) is 5.84 Å². The Morgan fingerprint density at radius 3 is 2.30 bits per heavy atom. The maximum atomic E-state index is 5.44. The van der Waals surface area contributed by atoms with E-state index >= 15 is 0 Å². The van der Waals surface area contributed by atoms with Crippen LogP contribution in [0.3, 0.4) is 0 Å². The first-order valence-corrected chi connectivity index (χ1v) is 7.26. The van der Waals surface area contributed by atoms with Crippen LogP contribution >= 0.6 is 0 Å². The number of aromatic nitrogens is 3. The van der Waals surface area contributed by atoms with E-state index in [1.165, 1.54) is 19.3 Å². The molecule has 1 aliphatic heterocycles. The molecule has 2 heterocycles. The predicted molar refractivity (Wildman–Crippen MR) is 80.2 cm³/mol. The first-order valence-electron chi connectivity index (χ1n) is 7.26. The number of nitrogens with zero attached hydrogens (tertiary/aromatic N) is 5. The van der Waals surface area contributed by atoms with Crippen LogP contribution in [-0.2, 0) is 0 Å². The summed E-state index contributed by atoms with van der Waals surface area (Å²) in [5.74, 6) is 6.99. The van der Waals surface area contributed by atoms with Crippen LogP contribution in [0, 0.1) is 0 Å². The third kappa shape index (κ3) is 3.67. The van der Waals surface area contributed by atoms with E-state index in [-0.39, 0.29) is 0 Å². The van der Waals surface area contributed by atoms with Crippen LogP contribution in [0.5, 0.6) is 0 Å². The number of hydrogen-bond acceptors (Lipinski definition) is 8. The first-order chi connectivity index (χ1) is 9.76. The highest BCUT2D eigenvalue weighted by Gasteiger charge is 2.14. The van der Waals surface area contributed by atoms with E-state index in [2.05, 4.69) is 49.6 Å². The van der Waals surface area contributed by atoms with Gasteiger partial charge in [-0.1, -0.05) is 6.42 Å². The molecule has 1 fully saturated rings. The van der Waals surface area contributed by atoms with E-state index in [1.54, 1.807) is 0 Å². The molecule has 1 aliphatic rings. The van der Waals surface area contributed by atoms with Crippen molar-refractivity contribution in [2.45, 2.75) is 33.1 Å². The molecule has 112 valence electrons. The lowest BCUT2D eigenvalue weighted by atomic mass is 10.2. The van der Waals surface area contributed by atoms with Crippen molar-refractivity contribution in [1.29, 1.82) is 0 Å². The summed E-state index contributed by atoms with van der Waals surface area (Å²) in [6, 6.07) is 0. The van der Waals surface area contributed by atoms with Gasteiger partial charge in [0.2, 0.25) is 17.8 Å². The number of piperidine rings is 1. The molecule has 20 heavy (non-hydrogen) atoms. The average molecular weight is 280 g/mol. The van der Waals surface area contributed by atoms with E-state index < -0.39 is 0 Å². The Morgan fingerprint density at radius 1 is 1.05 bits per heavy atom. The van der Waals surface area contributed by atoms with Crippen LogP contribution in [0.25, 0.3) is 0 Å². The van der Waals surface area contributed by atoms with Gasteiger partial charge in [0.15, 0.2) is 0 Å². The lowest BCUT2D eigenvalue weighted by Gasteiger charge is -2.27. The van der Waals surface area contributed by atoms with Crippen molar-refractivity contribution in [3.63, 3.8) is 0 Å². The summed E-state index contributed by atoms with van der Waals surface area (Å²) >= 11 is 0. The third-order valence-electron chi connectivity index (χ3n) is 3.41. The van der Waals surface area contributed by atoms with Gasteiger partial charge in [0.05, 0.1) is 0 Å². The van der Waals surface area contributed by atoms with Gasteiger partial charge < -0.3 is 4.90 Å². The molecule has 0 radical (unpaired) electrons. The normalized spacial score (nSPS) is 15.9. The zero-order valence-corrected chi connectivity index (χ0v) is 12.3. The minimum atomic E-state index is 0.376. The lowest BCUT2D eigenvalue weighted by Crippen LogP contribution is -2.36. The van der Waals surface area contributed by atoms with E-state index in [0.29, 0.717) is 17.8 Å². The summed E-state index contributed by atoms with van der Waals surface area (Å²) in [6.07, 6.45) is 3.68. The number of anilines is 3. The number of nitrogen functional groups attached to an aromatic ring is 1. The highest BCUT2D eigenvalue weighted by Crippen LogP contribution is 2.15. The first kappa shape index (κ1) is 14.7. The Labute approximate surface area is 119 Å². The molecule has 8 nitrogen and oxygen atoms in total. The fourth-order valence-electron chi connectivity index (χ4n) is 2.27. The summed E-state index contributed by atoms with van der Waals surface area (Å²) in [5, 5.41) is 2.14.